The molecule has 12 aromatic rings. The number of allylic oxidation sites excluding steroid dienone is 8. The van der Waals surface area contributed by atoms with Gasteiger partial charge in [0.25, 0.3) is 0 Å². The Balaban J connectivity index is 0.000000696. The molecule has 0 amide bonds. The number of aromatic nitrogens is 4. The van der Waals surface area contributed by atoms with Gasteiger partial charge in [-0.3, -0.25) is 39.1 Å². The molecule has 626 valence electrons. The predicted molar refractivity (Wildman–Crippen MR) is 457 cm³/mol. The van der Waals surface area contributed by atoms with E-state index in [1.807, 2.05) is 85.8 Å². The number of ketones is 4. The summed E-state index contributed by atoms with van der Waals surface area (Å²) in [5.74, 6) is 3.56. The molecule has 0 spiro atoms. The summed E-state index contributed by atoms with van der Waals surface area (Å²) in [7, 11) is 8.25. The largest absolute Gasteiger partial charge is 0.516 e. The molecule has 0 aliphatic rings. The molecule has 0 fully saturated rings. The first kappa shape index (κ1) is 105. The standard InChI is InChI=1S/C20H20N.C19H18NO2.C19H18NO.C18H16NO2.4C5H8O2.4Ir/c1-12-6-7-13(2)18(10-12)19-9-8-17-16(5)15(4)14(3)11-20(17)21-19;1-12-7-13(2)9-14(8-12)17-6-5-16-18(20-17)10-15(21-3)11-19(16)22-4;1-12-10-19-17(14(3)13(12)2)8-9-18(20-19)15-6-5-7-16(11-15)21-4;1-12-5-4-6-13(9-12)16-8-7-15-17(19-16)10-14(20-2)11-18(15)21-3;4*1-4(6)3-5(2)7;;;;/h6-9,11H,1-5H3;5-8,10-11H,1-4H3;5,7-11H,1-4H3;4-5,7-11H,1-3H3;4*3,6H,1-2H3;;;;/q4*-1;;;;;;;;. The molecule has 12 rings (SSSR count). The number of hydrogen-bond donors (Lipinski definition) is 4. The van der Waals surface area contributed by atoms with E-state index in [0.717, 1.165) is 118 Å². The molecule has 0 unspecified atom stereocenters. The van der Waals surface area contributed by atoms with Crippen LogP contribution in [0.15, 0.2) is 193 Å². The van der Waals surface area contributed by atoms with Crippen molar-refractivity contribution >= 4 is 66.7 Å². The minimum atomic E-state index is -0.125. The second-order valence-corrected chi connectivity index (χ2v) is 27.1. The van der Waals surface area contributed by atoms with Crippen LogP contribution in [0.1, 0.15) is 117 Å². The average Bonchev–Trinajstić information content (AvgIpc) is 0.795. The van der Waals surface area contributed by atoms with Crippen LogP contribution >= 0.6 is 0 Å². The molecule has 0 atom stereocenters. The minimum Gasteiger partial charge on any atom is -0.516 e. The van der Waals surface area contributed by atoms with Crippen molar-refractivity contribution in [2.45, 2.75) is 132 Å². The molecule has 21 heteroatoms. The number of methoxy groups -OCH3 is 5. The number of carbonyl (C=O) groups is 4. The first-order chi connectivity index (χ1) is 53.4. The Morgan fingerprint density at radius 2 is 0.667 bits per heavy atom. The molecule has 0 saturated heterocycles. The quantitative estimate of drug-likeness (QED) is 0.0476. The smallest absolute Gasteiger partial charge is 0.155 e. The topological polar surface area (TPSA) is 247 Å². The molecule has 0 aliphatic heterocycles. The van der Waals surface area contributed by atoms with Gasteiger partial charge in [-0.05, 0) is 165 Å². The monoisotopic (exact) mass is 2290 g/mol. The molecule has 4 aromatic heterocycles. The summed E-state index contributed by atoms with van der Waals surface area (Å²) in [5.41, 5.74) is 25.3. The fraction of sp³-hybridized carbons (Fsp3) is 0.250. The third-order valence-corrected chi connectivity index (χ3v) is 17.2. The van der Waals surface area contributed by atoms with Crippen LogP contribution in [0.5, 0.6) is 28.7 Å². The molecule has 4 N–H and O–H groups in total. The summed E-state index contributed by atoms with van der Waals surface area (Å²) in [6, 6.07) is 61.9. The third kappa shape index (κ3) is 33.4. The van der Waals surface area contributed by atoms with Crippen molar-refractivity contribution in [3.05, 3.63) is 278 Å². The average molecular weight is 2290 g/mol. The number of ether oxygens (including phenoxy) is 5. The van der Waals surface area contributed by atoms with Crippen LogP contribution in [0, 0.1) is 100 Å². The first-order valence-electron chi connectivity index (χ1n) is 36.3. The van der Waals surface area contributed by atoms with Crippen molar-refractivity contribution in [3.63, 3.8) is 0 Å². The number of fused-ring (bicyclic) bond motifs is 4. The van der Waals surface area contributed by atoms with Crippen LogP contribution in [0.4, 0.5) is 0 Å². The van der Waals surface area contributed by atoms with E-state index < -0.39 is 0 Å². The number of hydrogen-bond acceptors (Lipinski definition) is 17. The zero-order valence-electron chi connectivity index (χ0n) is 70.8. The van der Waals surface area contributed by atoms with Crippen molar-refractivity contribution in [3.8, 4) is 73.8 Å². The van der Waals surface area contributed by atoms with Gasteiger partial charge in [0.05, 0.1) is 80.7 Å². The van der Waals surface area contributed by atoms with Gasteiger partial charge in [-0.15, -0.1) is 135 Å². The number of aryl methyl sites for hydroxylation is 9. The van der Waals surface area contributed by atoms with Gasteiger partial charge < -0.3 is 44.1 Å². The minimum absolute atomic E-state index is 0. The van der Waals surface area contributed by atoms with E-state index in [2.05, 4.69) is 160 Å². The Bertz CT molecular complexity index is 5390. The maximum atomic E-state index is 10.0. The summed E-state index contributed by atoms with van der Waals surface area (Å²) < 4.78 is 26.7. The van der Waals surface area contributed by atoms with Gasteiger partial charge in [-0.1, -0.05) is 83.1 Å². The van der Waals surface area contributed by atoms with Gasteiger partial charge in [0.15, 0.2) is 23.1 Å². The Labute approximate surface area is 743 Å². The molecule has 0 saturated carbocycles. The van der Waals surface area contributed by atoms with Gasteiger partial charge in [0.2, 0.25) is 0 Å². The van der Waals surface area contributed by atoms with Gasteiger partial charge in [0, 0.05) is 156 Å². The van der Waals surface area contributed by atoms with Gasteiger partial charge in [-0.25, -0.2) is 0 Å². The Morgan fingerprint density at radius 3 is 1.03 bits per heavy atom. The second-order valence-electron chi connectivity index (χ2n) is 27.1. The van der Waals surface area contributed by atoms with Crippen LogP contribution in [0.3, 0.4) is 0 Å². The zero-order chi connectivity index (χ0) is 84.1. The molecule has 0 aliphatic carbocycles. The molecule has 17 nitrogen and oxygen atoms in total. The molecule has 0 bridgehead atoms. The van der Waals surface area contributed by atoms with Crippen molar-refractivity contribution < 1.29 is 144 Å². The number of nitrogens with zero attached hydrogens (tertiary/aromatic N) is 4. The van der Waals surface area contributed by atoms with E-state index in [0.29, 0.717) is 0 Å². The van der Waals surface area contributed by atoms with Crippen molar-refractivity contribution in [2.24, 2.45) is 0 Å². The maximum Gasteiger partial charge on any atom is 0.155 e. The fourth-order valence-corrected chi connectivity index (χ4v) is 11.5. The first-order valence-corrected chi connectivity index (χ1v) is 36.3. The van der Waals surface area contributed by atoms with Gasteiger partial charge in [-0.2, -0.15) is 0 Å². The van der Waals surface area contributed by atoms with Crippen LogP contribution in [0.25, 0.3) is 88.6 Å². The number of aliphatic hydroxyl groups is 4. The predicted octanol–water partition coefficient (Wildman–Crippen LogP) is 22.4. The number of rotatable bonds is 13. The Hall–Kier alpha value is -10.2. The summed E-state index contributed by atoms with van der Waals surface area (Å²) >= 11 is 0. The van der Waals surface area contributed by atoms with Crippen LogP contribution in [0.2, 0.25) is 0 Å². The van der Waals surface area contributed by atoms with E-state index in [9.17, 15) is 19.2 Å². The van der Waals surface area contributed by atoms with E-state index in [1.54, 1.807) is 35.5 Å². The van der Waals surface area contributed by atoms with Crippen LogP contribution < -0.4 is 23.7 Å². The SMILES string of the molecule is CC(=O)C=C(C)O.CC(=O)C=C(C)O.CC(=O)C=C(C)O.CC(=O)C=C(C)O.COc1cc(OC)c2ccc(-c3[c-]c(C)cc(C)c3)nc2c1.COc1cc(OC)c2ccc(-c3[c-]ccc(C)c3)nc2c1.COc1cc[c-]c(-c2ccc3c(C)c(C)c(C)cc3n2)c1.Cc1[c-]c(-c2ccc3c(C)c(C)c(C)cc3n2)c(C)cc1.[Ir].[Ir].[Ir].[Ir]. The maximum absolute atomic E-state index is 10.0. The number of carbonyl (C=O) groups excluding carboxylic acids is 4. The molecular formula is C96H104Ir4N4O13-4. The van der Waals surface area contributed by atoms with E-state index in [1.165, 1.54) is 141 Å². The summed E-state index contributed by atoms with van der Waals surface area (Å²) in [5, 5.41) is 37.8. The molecule has 117 heavy (non-hydrogen) atoms. The van der Waals surface area contributed by atoms with Crippen LogP contribution in [-0.4, -0.2) is 99.0 Å². The van der Waals surface area contributed by atoms with E-state index in [4.69, 9.17) is 64.0 Å². The molecule has 4 radical (unpaired) electrons. The molecule has 4 heterocycles. The van der Waals surface area contributed by atoms with E-state index in [-0.39, 0.29) is 127 Å². The number of aliphatic hydroxyl groups excluding tert-OH is 4. The van der Waals surface area contributed by atoms with Gasteiger partial charge in [0.1, 0.15) is 23.0 Å². The second kappa shape index (κ2) is 51.1. The van der Waals surface area contributed by atoms with Crippen molar-refractivity contribution in [1.82, 2.24) is 19.9 Å². The summed E-state index contributed by atoms with van der Waals surface area (Å²) in [6.45, 7) is 34.7. The zero-order valence-corrected chi connectivity index (χ0v) is 80.3. The normalized spacial score (nSPS) is 10.6. The number of benzene rings is 8. The van der Waals surface area contributed by atoms with E-state index >= 15 is 0 Å². The summed E-state index contributed by atoms with van der Waals surface area (Å²) in [4.78, 5) is 59.2. The molecule has 8 aromatic carbocycles. The van der Waals surface area contributed by atoms with Crippen molar-refractivity contribution in [2.75, 3.05) is 35.5 Å². The molecular weight excluding hydrogens is 2190 g/mol. The summed E-state index contributed by atoms with van der Waals surface area (Å²) in [6.07, 6.45) is 4.67. The van der Waals surface area contributed by atoms with Gasteiger partial charge >= 0.3 is 0 Å². The van der Waals surface area contributed by atoms with Crippen molar-refractivity contribution in [1.29, 1.82) is 0 Å². The third-order valence-electron chi connectivity index (χ3n) is 17.2. The number of pyridine rings is 4. The Kier molecular flexibility index (Phi) is 45.8. The van der Waals surface area contributed by atoms with Crippen LogP contribution in [-0.2, 0) is 99.6 Å². The Morgan fingerprint density at radius 1 is 0.316 bits per heavy atom. The fourth-order valence-electron chi connectivity index (χ4n) is 11.5.